The summed E-state index contributed by atoms with van der Waals surface area (Å²) in [5, 5.41) is 3.85. The zero-order chi connectivity index (χ0) is 11.5. The third-order valence-electron chi connectivity index (χ3n) is 2.60. The second-order valence-corrected chi connectivity index (χ2v) is 3.67. The number of rotatable bonds is 3. The zero-order valence-electron chi connectivity index (χ0n) is 9.21. The molecular formula is C13H14N2O. The maximum absolute atomic E-state index is 11.8. The lowest BCUT2D eigenvalue weighted by Crippen LogP contribution is -2.24. The number of hydrogen-bond acceptors (Lipinski definition) is 1. The van der Waals surface area contributed by atoms with Crippen LogP contribution in [0.25, 0.3) is 10.9 Å². The van der Waals surface area contributed by atoms with Crippen molar-refractivity contribution in [3.05, 3.63) is 48.2 Å². The number of carbonyl (C=O) groups excluding carboxylic acids is 1. The molecule has 0 atom stereocenters. The van der Waals surface area contributed by atoms with Crippen LogP contribution in [0.2, 0.25) is 0 Å². The molecule has 0 radical (unpaired) electrons. The number of amides is 1. The fraction of sp³-hybridized carbons (Fsp3) is 0.154. The molecule has 1 aromatic carbocycles. The molecule has 3 nitrogen and oxygen atoms in total. The summed E-state index contributed by atoms with van der Waals surface area (Å²) in [6.45, 7) is 5.99. The van der Waals surface area contributed by atoms with Gasteiger partial charge in [0.15, 0.2) is 0 Å². The normalized spacial score (nSPS) is 10.3. The molecule has 1 aromatic heterocycles. The Balaban J connectivity index is 2.41. The van der Waals surface area contributed by atoms with Crippen molar-refractivity contribution in [3.8, 4) is 0 Å². The minimum Gasteiger partial charge on any atom is -0.350 e. The van der Waals surface area contributed by atoms with Gasteiger partial charge in [-0.1, -0.05) is 24.3 Å². The van der Waals surface area contributed by atoms with Crippen LogP contribution in [0.4, 0.5) is 0 Å². The second-order valence-electron chi connectivity index (χ2n) is 3.67. The van der Waals surface area contributed by atoms with E-state index in [4.69, 9.17) is 0 Å². The van der Waals surface area contributed by atoms with Crippen LogP contribution < -0.4 is 5.32 Å². The maximum Gasteiger partial charge on any atom is 0.268 e. The Hall–Kier alpha value is -2.03. The van der Waals surface area contributed by atoms with Gasteiger partial charge in [-0.05, 0) is 18.6 Å². The van der Waals surface area contributed by atoms with Crippen molar-refractivity contribution in [2.24, 2.45) is 0 Å². The van der Waals surface area contributed by atoms with E-state index in [1.807, 2.05) is 31.2 Å². The number of aryl methyl sites for hydroxylation is 1. The largest absolute Gasteiger partial charge is 0.350 e. The molecule has 82 valence electrons. The van der Waals surface area contributed by atoms with E-state index in [-0.39, 0.29) is 5.91 Å². The van der Waals surface area contributed by atoms with E-state index in [1.165, 1.54) is 0 Å². The van der Waals surface area contributed by atoms with Crippen LogP contribution in [-0.2, 0) is 0 Å². The molecular weight excluding hydrogens is 200 g/mol. The van der Waals surface area contributed by atoms with Crippen LogP contribution in [0.1, 0.15) is 16.1 Å². The predicted octanol–water partition coefficient (Wildman–Crippen LogP) is 2.39. The highest BCUT2D eigenvalue weighted by Crippen LogP contribution is 2.20. The first kappa shape index (κ1) is 10.5. The zero-order valence-corrected chi connectivity index (χ0v) is 9.21. The molecule has 0 aliphatic carbocycles. The highest BCUT2D eigenvalue weighted by Gasteiger charge is 2.13. The summed E-state index contributed by atoms with van der Waals surface area (Å²) in [5.74, 6) is -0.0893. The van der Waals surface area contributed by atoms with Gasteiger partial charge in [-0.2, -0.15) is 0 Å². The molecule has 2 N–H and O–H groups in total. The van der Waals surface area contributed by atoms with Gasteiger partial charge in [0.05, 0.1) is 0 Å². The molecule has 0 bridgehead atoms. The fourth-order valence-corrected chi connectivity index (χ4v) is 1.76. The Bertz CT molecular complexity index is 540. The lowest BCUT2D eigenvalue weighted by molar-refractivity contribution is 0.0953. The third kappa shape index (κ3) is 1.72. The molecule has 16 heavy (non-hydrogen) atoms. The SMILES string of the molecule is C=CCNC(=O)c1[nH]c2ccccc2c1C. The molecule has 2 rings (SSSR count). The summed E-state index contributed by atoms with van der Waals surface area (Å²) in [6.07, 6.45) is 1.66. The Morgan fingerprint density at radius 1 is 1.50 bits per heavy atom. The molecule has 0 fully saturated rings. The summed E-state index contributed by atoms with van der Waals surface area (Å²) in [7, 11) is 0. The van der Waals surface area contributed by atoms with Crippen LogP contribution in [0.3, 0.4) is 0 Å². The summed E-state index contributed by atoms with van der Waals surface area (Å²) in [4.78, 5) is 14.9. The minimum absolute atomic E-state index is 0.0893. The maximum atomic E-state index is 11.8. The average molecular weight is 214 g/mol. The number of benzene rings is 1. The van der Waals surface area contributed by atoms with E-state index >= 15 is 0 Å². The lowest BCUT2D eigenvalue weighted by atomic mass is 10.1. The number of fused-ring (bicyclic) bond motifs is 1. The van der Waals surface area contributed by atoms with Crippen molar-refractivity contribution in [2.75, 3.05) is 6.54 Å². The summed E-state index contributed by atoms with van der Waals surface area (Å²) in [6, 6.07) is 7.89. The first-order chi connectivity index (χ1) is 7.74. The van der Waals surface area contributed by atoms with Crippen molar-refractivity contribution in [1.29, 1.82) is 0 Å². The average Bonchev–Trinajstić information content (AvgIpc) is 2.64. The second kappa shape index (κ2) is 4.23. The number of para-hydroxylation sites is 1. The van der Waals surface area contributed by atoms with E-state index in [9.17, 15) is 4.79 Å². The van der Waals surface area contributed by atoms with Crippen molar-refractivity contribution < 1.29 is 4.79 Å². The number of aromatic nitrogens is 1. The van der Waals surface area contributed by atoms with Gasteiger partial charge in [0.2, 0.25) is 0 Å². The van der Waals surface area contributed by atoms with Gasteiger partial charge in [-0.25, -0.2) is 0 Å². The van der Waals surface area contributed by atoms with Gasteiger partial charge in [0.1, 0.15) is 5.69 Å². The number of H-pyrrole nitrogens is 1. The minimum atomic E-state index is -0.0893. The quantitative estimate of drug-likeness (QED) is 0.757. The van der Waals surface area contributed by atoms with E-state index in [0.717, 1.165) is 16.5 Å². The highest BCUT2D eigenvalue weighted by atomic mass is 16.1. The summed E-state index contributed by atoms with van der Waals surface area (Å²) < 4.78 is 0. The van der Waals surface area contributed by atoms with E-state index in [0.29, 0.717) is 12.2 Å². The van der Waals surface area contributed by atoms with Gasteiger partial charge in [-0.3, -0.25) is 4.79 Å². The molecule has 0 saturated heterocycles. The van der Waals surface area contributed by atoms with Crippen LogP contribution >= 0.6 is 0 Å². The van der Waals surface area contributed by atoms with Gasteiger partial charge in [0.25, 0.3) is 5.91 Å². The molecule has 2 aromatic rings. The highest BCUT2D eigenvalue weighted by molar-refractivity contribution is 6.00. The first-order valence-electron chi connectivity index (χ1n) is 5.20. The van der Waals surface area contributed by atoms with E-state index in [2.05, 4.69) is 16.9 Å². The van der Waals surface area contributed by atoms with Gasteiger partial charge in [-0.15, -0.1) is 6.58 Å². The van der Waals surface area contributed by atoms with Crippen LogP contribution in [0, 0.1) is 6.92 Å². The van der Waals surface area contributed by atoms with Crippen molar-refractivity contribution in [2.45, 2.75) is 6.92 Å². The molecule has 0 aliphatic heterocycles. The molecule has 1 amide bonds. The molecule has 0 saturated carbocycles. The smallest absolute Gasteiger partial charge is 0.268 e. The predicted molar refractivity (Wildman–Crippen MR) is 65.6 cm³/mol. The summed E-state index contributed by atoms with van der Waals surface area (Å²) >= 11 is 0. The Kier molecular flexibility index (Phi) is 2.77. The van der Waals surface area contributed by atoms with Crippen molar-refractivity contribution in [1.82, 2.24) is 10.3 Å². The van der Waals surface area contributed by atoms with Crippen LogP contribution in [0.15, 0.2) is 36.9 Å². The Morgan fingerprint density at radius 2 is 2.25 bits per heavy atom. The number of aromatic amines is 1. The monoisotopic (exact) mass is 214 g/mol. The van der Waals surface area contributed by atoms with Gasteiger partial charge in [0, 0.05) is 17.4 Å². The molecule has 1 heterocycles. The van der Waals surface area contributed by atoms with Gasteiger partial charge < -0.3 is 10.3 Å². The number of carbonyl (C=O) groups is 1. The number of hydrogen-bond donors (Lipinski definition) is 2. The lowest BCUT2D eigenvalue weighted by Gasteiger charge is -2.00. The Labute approximate surface area is 94.2 Å². The van der Waals surface area contributed by atoms with Crippen LogP contribution in [-0.4, -0.2) is 17.4 Å². The van der Waals surface area contributed by atoms with E-state index in [1.54, 1.807) is 6.08 Å². The fourth-order valence-electron chi connectivity index (χ4n) is 1.76. The van der Waals surface area contributed by atoms with Crippen LogP contribution in [0.5, 0.6) is 0 Å². The van der Waals surface area contributed by atoms with Crippen molar-refractivity contribution in [3.63, 3.8) is 0 Å². The topological polar surface area (TPSA) is 44.9 Å². The van der Waals surface area contributed by atoms with Crippen molar-refractivity contribution >= 4 is 16.8 Å². The standard InChI is InChI=1S/C13H14N2O/c1-3-8-14-13(16)12-9(2)10-6-4-5-7-11(10)15-12/h3-7,15H,1,8H2,2H3,(H,14,16). The first-order valence-corrected chi connectivity index (χ1v) is 5.20. The van der Waals surface area contributed by atoms with E-state index < -0.39 is 0 Å². The molecule has 0 unspecified atom stereocenters. The molecule has 3 heteroatoms. The summed E-state index contributed by atoms with van der Waals surface area (Å²) in [5.41, 5.74) is 2.60. The number of nitrogens with one attached hydrogen (secondary N) is 2. The molecule has 0 aliphatic rings. The Morgan fingerprint density at radius 3 is 2.94 bits per heavy atom. The third-order valence-corrected chi connectivity index (χ3v) is 2.60. The molecule has 0 spiro atoms. The van der Waals surface area contributed by atoms with Gasteiger partial charge >= 0.3 is 0 Å².